The van der Waals surface area contributed by atoms with Crippen LogP contribution in [0, 0.1) is 0 Å². The van der Waals surface area contributed by atoms with Crippen LogP contribution < -0.4 is 10.1 Å². The minimum absolute atomic E-state index is 0.168. The van der Waals surface area contributed by atoms with Crippen LogP contribution in [0.4, 0.5) is 5.69 Å². The predicted octanol–water partition coefficient (Wildman–Crippen LogP) is 5.48. The van der Waals surface area contributed by atoms with Crippen LogP contribution in [0.25, 0.3) is 0 Å². The molecule has 1 amide bonds. The van der Waals surface area contributed by atoms with Crippen LogP contribution in [-0.4, -0.2) is 12.0 Å². The van der Waals surface area contributed by atoms with Gasteiger partial charge in [-0.15, -0.1) is 0 Å². The number of carbonyl (C=O) groups is 1. The summed E-state index contributed by atoms with van der Waals surface area (Å²) in [6, 6.07) is 15.2. The normalized spacial score (nSPS) is 11.8. The Labute approximate surface area is 149 Å². The molecule has 1 N–H and O–H groups in total. The summed E-state index contributed by atoms with van der Waals surface area (Å²) in [5.74, 6) is 0.356. The van der Waals surface area contributed by atoms with Crippen molar-refractivity contribution >= 4 is 23.2 Å². The van der Waals surface area contributed by atoms with Gasteiger partial charge >= 0.3 is 0 Å². The Balaban J connectivity index is 1.97. The molecule has 0 aliphatic heterocycles. The van der Waals surface area contributed by atoms with Gasteiger partial charge in [0.05, 0.1) is 5.02 Å². The molecule has 0 spiro atoms. The highest BCUT2D eigenvalue weighted by atomic mass is 35.5. The van der Waals surface area contributed by atoms with Gasteiger partial charge in [0.15, 0.2) is 6.10 Å². The molecule has 1 atom stereocenters. The van der Waals surface area contributed by atoms with Crippen molar-refractivity contribution in [2.45, 2.75) is 45.6 Å². The van der Waals surface area contributed by atoms with E-state index in [1.165, 1.54) is 18.4 Å². The second-order valence-electron chi connectivity index (χ2n) is 5.73. The van der Waals surface area contributed by atoms with Crippen molar-refractivity contribution in [3.8, 4) is 5.75 Å². The molecule has 0 aliphatic carbocycles. The molecular weight excluding hydrogens is 322 g/mol. The first-order chi connectivity index (χ1) is 11.6. The smallest absolute Gasteiger partial charge is 0.265 e. The summed E-state index contributed by atoms with van der Waals surface area (Å²) in [6.45, 7) is 4.09. The lowest BCUT2D eigenvalue weighted by Crippen LogP contribution is -2.32. The minimum atomic E-state index is -0.579. The summed E-state index contributed by atoms with van der Waals surface area (Å²) in [5.41, 5.74) is 2.07. The summed E-state index contributed by atoms with van der Waals surface area (Å²) >= 11 is 6.09. The van der Waals surface area contributed by atoms with Gasteiger partial charge in [-0.05, 0) is 49.1 Å². The SMILES string of the molecule is CCCCc1ccc(NC(=O)C(CC)Oc2ccccc2Cl)cc1. The molecule has 0 radical (unpaired) electrons. The molecule has 2 rings (SSSR count). The third kappa shape index (κ3) is 5.27. The maximum atomic E-state index is 12.4. The first kappa shape index (κ1) is 18.3. The molecule has 0 saturated carbocycles. The molecule has 2 aromatic carbocycles. The van der Waals surface area contributed by atoms with E-state index < -0.39 is 6.10 Å². The van der Waals surface area contributed by atoms with Crippen LogP contribution in [-0.2, 0) is 11.2 Å². The molecule has 0 aromatic heterocycles. The fraction of sp³-hybridized carbons (Fsp3) is 0.350. The topological polar surface area (TPSA) is 38.3 Å². The highest BCUT2D eigenvalue weighted by molar-refractivity contribution is 6.32. The Kier molecular flexibility index (Phi) is 7.13. The predicted molar refractivity (Wildman–Crippen MR) is 99.8 cm³/mol. The second-order valence-corrected chi connectivity index (χ2v) is 6.14. The third-order valence-corrected chi connectivity index (χ3v) is 4.12. The van der Waals surface area contributed by atoms with Crippen molar-refractivity contribution in [1.82, 2.24) is 0 Å². The highest BCUT2D eigenvalue weighted by Crippen LogP contribution is 2.25. The van der Waals surface area contributed by atoms with E-state index in [0.717, 1.165) is 12.1 Å². The number of aryl methyl sites for hydroxylation is 1. The quantitative estimate of drug-likeness (QED) is 0.688. The molecule has 0 fully saturated rings. The average molecular weight is 346 g/mol. The van der Waals surface area contributed by atoms with Gasteiger partial charge in [0.25, 0.3) is 5.91 Å². The zero-order valence-electron chi connectivity index (χ0n) is 14.2. The van der Waals surface area contributed by atoms with E-state index in [9.17, 15) is 4.79 Å². The van der Waals surface area contributed by atoms with Crippen LogP contribution in [0.2, 0.25) is 5.02 Å². The Hall–Kier alpha value is -2.00. The molecule has 128 valence electrons. The standard InChI is InChI=1S/C20H24ClNO2/c1-3-5-8-15-11-13-16(14-12-15)22-20(23)18(4-2)24-19-10-7-6-9-17(19)21/h6-7,9-14,18H,3-5,8H2,1-2H3,(H,22,23). The van der Waals surface area contributed by atoms with Crippen molar-refractivity contribution in [1.29, 1.82) is 0 Å². The van der Waals surface area contributed by atoms with Gasteiger partial charge in [-0.2, -0.15) is 0 Å². The van der Waals surface area contributed by atoms with Gasteiger partial charge in [0, 0.05) is 5.69 Å². The van der Waals surface area contributed by atoms with E-state index in [1.54, 1.807) is 12.1 Å². The maximum absolute atomic E-state index is 12.4. The number of para-hydroxylation sites is 1. The lowest BCUT2D eigenvalue weighted by molar-refractivity contribution is -0.122. The Bertz CT molecular complexity index is 655. The summed E-state index contributed by atoms with van der Waals surface area (Å²) in [7, 11) is 0. The molecule has 3 nitrogen and oxygen atoms in total. The number of anilines is 1. The zero-order valence-corrected chi connectivity index (χ0v) is 15.0. The first-order valence-corrected chi connectivity index (χ1v) is 8.82. The molecular formula is C20H24ClNO2. The van der Waals surface area contributed by atoms with Crippen molar-refractivity contribution < 1.29 is 9.53 Å². The van der Waals surface area contributed by atoms with Crippen molar-refractivity contribution in [3.05, 3.63) is 59.1 Å². The fourth-order valence-corrected chi connectivity index (χ4v) is 2.55. The Morgan fingerprint density at radius 2 is 1.83 bits per heavy atom. The lowest BCUT2D eigenvalue weighted by Gasteiger charge is -2.18. The van der Waals surface area contributed by atoms with E-state index in [0.29, 0.717) is 17.2 Å². The molecule has 2 aromatic rings. The summed E-state index contributed by atoms with van der Waals surface area (Å²) < 4.78 is 5.76. The van der Waals surface area contributed by atoms with Crippen LogP contribution in [0.5, 0.6) is 5.75 Å². The first-order valence-electron chi connectivity index (χ1n) is 8.45. The number of amides is 1. The maximum Gasteiger partial charge on any atom is 0.265 e. The molecule has 0 heterocycles. The Morgan fingerprint density at radius 1 is 1.12 bits per heavy atom. The monoisotopic (exact) mass is 345 g/mol. The van der Waals surface area contributed by atoms with Gasteiger partial charge < -0.3 is 10.1 Å². The van der Waals surface area contributed by atoms with Crippen LogP contribution in [0.15, 0.2) is 48.5 Å². The van der Waals surface area contributed by atoms with Crippen LogP contribution >= 0.6 is 11.6 Å². The number of nitrogens with one attached hydrogen (secondary N) is 1. The number of unbranched alkanes of at least 4 members (excludes halogenated alkanes) is 1. The highest BCUT2D eigenvalue weighted by Gasteiger charge is 2.19. The summed E-state index contributed by atoms with van der Waals surface area (Å²) in [5, 5.41) is 3.41. The molecule has 0 aliphatic rings. The van der Waals surface area contributed by atoms with E-state index in [1.807, 2.05) is 31.2 Å². The number of hydrogen-bond donors (Lipinski definition) is 1. The minimum Gasteiger partial charge on any atom is -0.479 e. The molecule has 1 unspecified atom stereocenters. The van der Waals surface area contributed by atoms with Crippen molar-refractivity contribution in [2.24, 2.45) is 0 Å². The largest absolute Gasteiger partial charge is 0.479 e. The number of rotatable bonds is 8. The molecule has 0 saturated heterocycles. The number of benzene rings is 2. The number of hydrogen-bond acceptors (Lipinski definition) is 2. The fourth-order valence-electron chi connectivity index (χ4n) is 2.37. The van der Waals surface area contributed by atoms with Crippen LogP contribution in [0.1, 0.15) is 38.7 Å². The molecule has 0 bridgehead atoms. The number of halogens is 1. The Morgan fingerprint density at radius 3 is 2.46 bits per heavy atom. The van der Waals surface area contributed by atoms with E-state index in [2.05, 4.69) is 24.4 Å². The van der Waals surface area contributed by atoms with Gasteiger partial charge in [0.2, 0.25) is 0 Å². The second kappa shape index (κ2) is 9.33. The van der Waals surface area contributed by atoms with Crippen LogP contribution in [0.3, 0.4) is 0 Å². The number of ether oxygens (including phenoxy) is 1. The lowest BCUT2D eigenvalue weighted by atomic mass is 10.1. The summed E-state index contributed by atoms with van der Waals surface area (Å²) in [4.78, 5) is 12.4. The van der Waals surface area contributed by atoms with E-state index in [4.69, 9.17) is 16.3 Å². The van der Waals surface area contributed by atoms with Crippen molar-refractivity contribution in [3.63, 3.8) is 0 Å². The van der Waals surface area contributed by atoms with Gasteiger partial charge in [-0.1, -0.05) is 56.1 Å². The van der Waals surface area contributed by atoms with E-state index >= 15 is 0 Å². The average Bonchev–Trinajstić information content (AvgIpc) is 2.60. The van der Waals surface area contributed by atoms with Gasteiger partial charge in [-0.25, -0.2) is 0 Å². The van der Waals surface area contributed by atoms with E-state index in [-0.39, 0.29) is 5.91 Å². The zero-order chi connectivity index (χ0) is 17.4. The van der Waals surface area contributed by atoms with Gasteiger partial charge in [-0.3, -0.25) is 4.79 Å². The summed E-state index contributed by atoms with van der Waals surface area (Å²) in [6.07, 6.45) is 3.40. The molecule has 24 heavy (non-hydrogen) atoms. The number of carbonyl (C=O) groups excluding carboxylic acids is 1. The van der Waals surface area contributed by atoms with Crippen molar-refractivity contribution in [2.75, 3.05) is 5.32 Å². The molecule has 4 heteroatoms. The third-order valence-electron chi connectivity index (χ3n) is 3.81. The van der Waals surface area contributed by atoms with Gasteiger partial charge in [0.1, 0.15) is 5.75 Å².